The molecule has 1 heterocycles. The fourth-order valence-electron chi connectivity index (χ4n) is 2.48. The first-order valence-electron chi connectivity index (χ1n) is 7.69. The smallest absolute Gasteiger partial charge is 0.341 e. The van der Waals surface area contributed by atoms with Gasteiger partial charge in [0.25, 0.3) is 5.91 Å². The largest absolute Gasteiger partial charge is 0.497 e. The zero-order chi connectivity index (χ0) is 18.6. The summed E-state index contributed by atoms with van der Waals surface area (Å²) in [5, 5.41) is 2.66. The Hall–Kier alpha value is -2.29. The normalized spacial score (nSPS) is 19.7. The van der Waals surface area contributed by atoms with Gasteiger partial charge in [0.15, 0.2) is 15.9 Å². The fraction of sp³-hybridized carbons (Fsp3) is 0.500. The molecule has 1 N–H and O–H groups in total. The molecule has 0 bridgehead atoms. The van der Waals surface area contributed by atoms with Crippen LogP contribution < -0.4 is 14.8 Å². The lowest BCUT2D eigenvalue weighted by atomic mass is 10.2. The average molecular weight is 371 g/mol. The van der Waals surface area contributed by atoms with Gasteiger partial charge in [-0.05, 0) is 25.5 Å². The summed E-state index contributed by atoms with van der Waals surface area (Å²) in [7, 11) is -0.380. The molecule has 0 aromatic heterocycles. The van der Waals surface area contributed by atoms with Gasteiger partial charge in [0.2, 0.25) is 0 Å². The zero-order valence-electron chi connectivity index (χ0n) is 14.3. The van der Waals surface area contributed by atoms with Gasteiger partial charge < -0.3 is 19.5 Å². The Kier molecular flexibility index (Phi) is 5.89. The molecule has 0 radical (unpaired) electrons. The molecule has 0 spiro atoms. The number of methoxy groups -OCH3 is 2. The number of carbonyl (C=O) groups is 2. The monoisotopic (exact) mass is 371 g/mol. The van der Waals surface area contributed by atoms with Crippen molar-refractivity contribution in [2.45, 2.75) is 25.5 Å². The highest BCUT2D eigenvalue weighted by Crippen LogP contribution is 2.26. The van der Waals surface area contributed by atoms with E-state index in [0.29, 0.717) is 12.2 Å². The van der Waals surface area contributed by atoms with Crippen molar-refractivity contribution in [1.82, 2.24) is 5.32 Å². The van der Waals surface area contributed by atoms with Gasteiger partial charge in [0.1, 0.15) is 17.1 Å². The van der Waals surface area contributed by atoms with Crippen LogP contribution in [0.3, 0.4) is 0 Å². The summed E-state index contributed by atoms with van der Waals surface area (Å²) in [5.74, 6) is -0.467. The maximum absolute atomic E-state index is 12.2. The minimum Gasteiger partial charge on any atom is -0.497 e. The predicted molar refractivity (Wildman–Crippen MR) is 89.6 cm³/mol. The molecule has 1 aliphatic heterocycles. The standard InChI is InChI=1S/C16H21NO7S/c1-10(15(18)17-11-6-7-25(20,21)9-11)24-14-8-12(22-2)4-5-13(14)16(19)23-3/h4-5,8,10-11H,6-7,9H2,1-3H3,(H,17,18). The van der Waals surface area contributed by atoms with E-state index < -0.39 is 33.9 Å². The van der Waals surface area contributed by atoms with Crippen molar-refractivity contribution >= 4 is 21.7 Å². The molecule has 1 aromatic rings. The number of rotatable bonds is 6. The number of benzene rings is 1. The summed E-state index contributed by atoms with van der Waals surface area (Å²) in [4.78, 5) is 24.1. The molecule has 25 heavy (non-hydrogen) atoms. The lowest BCUT2D eigenvalue weighted by Gasteiger charge is -2.19. The topological polar surface area (TPSA) is 108 Å². The molecule has 1 fully saturated rings. The van der Waals surface area contributed by atoms with Crippen molar-refractivity contribution in [3.8, 4) is 11.5 Å². The van der Waals surface area contributed by atoms with E-state index in [2.05, 4.69) is 5.32 Å². The van der Waals surface area contributed by atoms with Gasteiger partial charge in [-0.3, -0.25) is 4.79 Å². The van der Waals surface area contributed by atoms with E-state index in [1.54, 1.807) is 6.07 Å². The van der Waals surface area contributed by atoms with Gasteiger partial charge in [0, 0.05) is 12.1 Å². The number of carbonyl (C=O) groups excluding carboxylic acids is 2. The van der Waals surface area contributed by atoms with E-state index >= 15 is 0 Å². The molecule has 1 amide bonds. The van der Waals surface area contributed by atoms with Gasteiger partial charge in [-0.15, -0.1) is 0 Å². The first kappa shape index (κ1) is 19.0. The van der Waals surface area contributed by atoms with Gasteiger partial charge in [0.05, 0.1) is 25.7 Å². The van der Waals surface area contributed by atoms with Crippen LogP contribution in [0.25, 0.3) is 0 Å². The number of sulfone groups is 1. The molecular formula is C16H21NO7S. The molecule has 2 atom stereocenters. The molecular weight excluding hydrogens is 350 g/mol. The van der Waals surface area contributed by atoms with Crippen LogP contribution in [-0.2, 0) is 19.4 Å². The summed E-state index contributed by atoms with van der Waals surface area (Å²) in [6.07, 6.45) is -0.549. The van der Waals surface area contributed by atoms with Crippen molar-refractivity contribution in [2.24, 2.45) is 0 Å². The van der Waals surface area contributed by atoms with E-state index in [9.17, 15) is 18.0 Å². The van der Waals surface area contributed by atoms with E-state index in [4.69, 9.17) is 14.2 Å². The van der Waals surface area contributed by atoms with E-state index in [-0.39, 0.29) is 22.8 Å². The van der Waals surface area contributed by atoms with Gasteiger partial charge >= 0.3 is 5.97 Å². The van der Waals surface area contributed by atoms with Gasteiger partial charge in [-0.1, -0.05) is 0 Å². The van der Waals surface area contributed by atoms with E-state index in [0.717, 1.165) is 0 Å². The molecule has 1 saturated heterocycles. The predicted octanol–water partition coefficient (Wildman–Crippen LogP) is 0.552. The highest BCUT2D eigenvalue weighted by Gasteiger charge is 2.30. The number of nitrogens with one attached hydrogen (secondary N) is 1. The van der Waals surface area contributed by atoms with Crippen molar-refractivity contribution < 1.29 is 32.2 Å². The minimum atomic E-state index is -3.09. The maximum atomic E-state index is 12.2. The third kappa shape index (κ3) is 4.85. The first-order chi connectivity index (χ1) is 11.8. The summed E-state index contributed by atoms with van der Waals surface area (Å²) in [5.41, 5.74) is 0.159. The molecule has 0 aliphatic carbocycles. The molecule has 8 nitrogen and oxygen atoms in total. The molecule has 1 aliphatic rings. The lowest BCUT2D eigenvalue weighted by Crippen LogP contribution is -2.43. The first-order valence-corrected chi connectivity index (χ1v) is 9.51. The number of esters is 1. The third-order valence-electron chi connectivity index (χ3n) is 3.85. The number of ether oxygens (including phenoxy) is 3. The second-order valence-electron chi connectivity index (χ2n) is 5.72. The van der Waals surface area contributed by atoms with Crippen molar-refractivity contribution in [2.75, 3.05) is 25.7 Å². The van der Waals surface area contributed by atoms with Crippen LogP contribution in [0.4, 0.5) is 0 Å². The second-order valence-corrected chi connectivity index (χ2v) is 7.95. The summed E-state index contributed by atoms with van der Waals surface area (Å²) >= 11 is 0. The van der Waals surface area contributed by atoms with Gasteiger partial charge in [-0.25, -0.2) is 13.2 Å². The SMILES string of the molecule is COC(=O)c1ccc(OC)cc1OC(C)C(=O)NC1CCS(=O)(=O)C1. The van der Waals surface area contributed by atoms with Crippen molar-refractivity contribution in [1.29, 1.82) is 0 Å². The van der Waals surface area contributed by atoms with Crippen LogP contribution in [0, 0.1) is 0 Å². The minimum absolute atomic E-state index is 0.0650. The molecule has 0 saturated carbocycles. The Balaban J connectivity index is 2.09. The number of hydrogen-bond donors (Lipinski definition) is 1. The van der Waals surface area contributed by atoms with Crippen molar-refractivity contribution in [3.63, 3.8) is 0 Å². The number of amides is 1. The molecule has 2 unspecified atom stereocenters. The Morgan fingerprint density at radius 1 is 1.28 bits per heavy atom. The van der Waals surface area contributed by atoms with Crippen LogP contribution in [-0.4, -0.2) is 58.2 Å². The summed E-state index contributed by atoms with van der Waals surface area (Å²) < 4.78 is 38.3. The highest BCUT2D eigenvalue weighted by molar-refractivity contribution is 7.91. The quantitative estimate of drug-likeness (QED) is 0.728. The van der Waals surface area contributed by atoms with Crippen LogP contribution in [0.1, 0.15) is 23.7 Å². The molecule has 2 rings (SSSR count). The Bertz CT molecular complexity index is 760. The molecule has 9 heteroatoms. The zero-order valence-corrected chi connectivity index (χ0v) is 15.1. The Labute approximate surface area is 146 Å². The lowest BCUT2D eigenvalue weighted by molar-refractivity contribution is -0.127. The third-order valence-corrected chi connectivity index (χ3v) is 5.61. The van der Waals surface area contributed by atoms with E-state index in [1.165, 1.54) is 33.3 Å². The van der Waals surface area contributed by atoms with Crippen LogP contribution in [0.5, 0.6) is 11.5 Å². The van der Waals surface area contributed by atoms with Gasteiger partial charge in [-0.2, -0.15) is 0 Å². The number of hydrogen-bond acceptors (Lipinski definition) is 7. The maximum Gasteiger partial charge on any atom is 0.341 e. The van der Waals surface area contributed by atoms with E-state index in [1.807, 2.05) is 0 Å². The van der Waals surface area contributed by atoms with Crippen LogP contribution in [0.2, 0.25) is 0 Å². The summed E-state index contributed by atoms with van der Waals surface area (Å²) in [6.45, 7) is 1.51. The highest BCUT2D eigenvalue weighted by atomic mass is 32.2. The Morgan fingerprint density at radius 3 is 2.56 bits per heavy atom. The fourth-order valence-corrected chi connectivity index (χ4v) is 4.15. The van der Waals surface area contributed by atoms with Crippen LogP contribution in [0.15, 0.2) is 18.2 Å². The average Bonchev–Trinajstić information content (AvgIpc) is 2.92. The molecule has 138 valence electrons. The Morgan fingerprint density at radius 2 is 2.00 bits per heavy atom. The molecule has 1 aromatic carbocycles. The second kappa shape index (κ2) is 7.73. The van der Waals surface area contributed by atoms with Crippen LogP contribution >= 0.6 is 0 Å². The summed E-state index contributed by atoms with van der Waals surface area (Å²) in [6, 6.07) is 4.12. The van der Waals surface area contributed by atoms with Crippen molar-refractivity contribution in [3.05, 3.63) is 23.8 Å².